The number of fused-ring (bicyclic) bond motifs is 1. The lowest BCUT2D eigenvalue weighted by Gasteiger charge is -2.32. The number of ether oxygens (including phenoxy) is 1. The van der Waals surface area contributed by atoms with E-state index in [0.717, 1.165) is 37.3 Å². The van der Waals surface area contributed by atoms with E-state index in [1.54, 1.807) is 0 Å². The molecule has 2 heterocycles. The Bertz CT molecular complexity index is 566. The van der Waals surface area contributed by atoms with E-state index < -0.39 is 0 Å². The van der Waals surface area contributed by atoms with Crippen molar-refractivity contribution in [3.8, 4) is 0 Å². The molecule has 3 nitrogen and oxygen atoms in total. The van der Waals surface area contributed by atoms with Crippen molar-refractivity contribution >= 4 is 26.8 Å². The van der Waals surface area contributed by atoms with E-state index in [9.17, 15) is 0 Å². The van der Waals surface area contributed by atoms with Crippen LogP contribution in [0.3, 0.4) is 0 Å². The molecule has 1 unspecified atom stereocenters. The number of nitrogens with zero attached hydrogens (tertiary/aromatic N) is 2. The Balaban J connectivity index is 1.80. The summed E-state index contributed by atoms with van der Waals surface area (Å²) in [4.78, 5) is 2.45. The summed E-state index contributed by atoms with van der Waals surface area (Å²) in [5.41, 5.74) is 1.27. The lowest BCUT2D eigenvalue weighted by molar-refractivity contribution is -0.0337. The molecule has 19 heavy (non-hydrogen) atoms. The van der Waals surface area contributed by atoms with Gasteiger partial charge in [-0.25, -0.2) is 0 Å². The van der Waals surface area contributed by atoms with Gasteiger partial charge in [0.05, 0.1) is 19.3 Å². The Morgan fingerprint density at radius 2 is 2.26 bits per heavy atom. The van der Waals surface area contributed by atoms with Crippen molar-refractivity contribution in [1.29, 1.82) is 0 Å². The molecule has 0 radical (unpaired) electrons. The fourth-order valence-electron chi connectivity index (χ4n) is 2.74. The zero-order chi connectivity index (χ0) is 13.2. The quantitative estimate of drug-likeness (QED) is 0.863. The van der Waals surface area contributed by atoms with Gasteiger partial charge in [-0.1, -0.05) is 28.9 Å². The smallest absolute Gasteiger partial charge is 0.0881 e. The molecule has 0 saturated carbocycles. The molecule has 0 N–H and O–H groups in total. The largest absolute Gasteiger partial charge is 0.374 e. The van der Waals surface area contributed by atoms with E-state index in [1.165, 1.54) is 10.9 Å². The first-order chi connectivity index (χ1) is 9.28. The summed E-state index contributed by atoms with van der Waals surface area (Å²) in [5.74, 6) is 0. The summed E-state index contributed by atoms with van der Waals surface area (Å²) in [7, 11) is 0. The second-order valence-corrected chi connectivity index (χ2v) is 5.88. The van der Waals surface area contributed by atoms with Crippen LogP contribution >= 0.6 is 15.9 Å². The summed E-state index contributed by atoms with van der Waals surface area (Å²) in [6.07, 6.45) is 2.45. The highest BCUT2D eigenvalue weighted by Gasteiger charge is 2.20. The average Bonchev–Trinajstić information content (AvgIpc) is 2.84. The number of hydrogen-bond donors (Lipinski definition) is 0. The third kappa shape index (κ3) is 2.71. The Kier molecular flexibility index (Phi) is 3.91. The SMILES string of the molecule is CCN1CCOC(Cn2ccc3c(Br)cccc32)C1. The van der Waals surface area contributed by atoms with Gasteiger partial charge in [0, 0.05) is 34.7 Å². The summed E-state index contributed by atoms with van der Waals surface area (Å²) in [6.45, 7) is 7.19. The van der Waals surface area contributed by atoms with Gasteiger partial charge in [-0.3, -0.25) is 4.90 Å². The Hall–Kier alpha value is -0.840. The van der Waals surface area contributed by atoms with Crippen LogP contribution in [-0.2, 0) is 11.3 Å². The summed E-state index contributed by atoms with van der Waals surface area (Å²) in [5, 5.41) is 1.27. The van der Waals surface area contributed by atoms with Gasteiger partial charge in [-0.05, 0) is 24.7 Å². The van der Waals surface area contributed by atoms with E-state index in [0.29, 0.717) is 6.10 Å². The van der Waals surface area contributed by atoms with Crippen LogP contribution < -0.4 is 0 Å². The van der Waals surface area contributed by atoms with Crippen LogP contribution in [0.25, 0.3) is 10.9 Å². The molecule has 0 bridgehead atoms. The van der Waals surface area contributed by atoms with Gasteiger partial charge in [0.15, 0.2) is 0 Å². The fraction of sp³-hybridized carbons (Fsp3) is 0.467. The summed E-state index contributed by atoms with van der Waals surface area (Å²) < 4.78 is 9.34. The maximum Gasteiger partial charge on any atom is 0.0881 e. The normalized spacial score (nSPS) is 21.1. The van der Waals surface area contributed by atoms with Gasteiger partial charge in [0.25, 0.3) is 0 Å². The first kappa shape index (κ1) is 13.2. The van der Waals surface area contributed by atoms with Gasteiger partial charge >= 0.3 is 0 Å². The summed E-state index contributed by atoms with van der Waals surface area (Å²) >= 11 is 3.60. The predicted molar refractivity (Wildman–Crippen MR) is 81.5 cm³/mol. The lowest BCUT2D eigenvalue weighted by Crippen LogP contribution is -2.43. The van der Waals surface area contributed by atoms with Crippen molar-refractivity contribution in [3.63, 3.8) is 0 Å². The monoisotopic (exact) mass is 322 g/mol. The third-order valence-electron chi connectivity index (χ3n) is 3.83. The maximum absolute atomic E-state index is 5.89. The molecule has 102 valence electrons. The molecule has 1 aliphatic rings. The average molecular weight is 323 g/mol. The van der Waals surface area contributed by atoms with Crippen molar-refractivity contribution in [1.82, 2.24) is 9.47 Å². The number of likely N-dealkylation sites (N-methyl/N-ethyl adjacent to an activating group) is 1. The van der Waals surface area contributed by atoms with Gasteiger partial charge < -0.3 is 9.30 Å². The molecule has 1 saturated heterocycles. The first-order valence-electron chi connectivity index (χ1n) is 6.85. The van der Waals surface area contributed by atoms with Gasteiger partial charge in [-0.15, -0.1) is 0 Å². The van der Waals surface area contributed by atoms with E-state index in [4.69, 9.17) is 4.74 Å². The van der Waals surface area contributed by atoms with E-state index >= 15 is 0 Å². The van der Waals surface area contributed by atoms with Crippen molar-refractivity contribution in [2.75, 3.05) is 26.2 Å². The molecular formula is C15H19BrN2O. The number of benzene rings is 1. The van der Waals surface area contributed by atoms with Crippen molar-refractivity contribution in [3.05, 3.63) is 34.9 Å². The number of hydrogen-bond acceptors (Lipinski definition) is 2. The lowest BCUT2D eigenvalue weighted by atomic mass is 10.2. The maximum atomic E-state index is 5.89. The molecule has 1 atom stereocenters. The van der Waals surface area contributed by atoms with Gasteiger partial charge in [0.2, 0.25) is 0 Å². The third-order valence-corrected chi connectivity index (χ3v) is 4.52. The minimum atomic E-state index is 0.295. The zero-order valence-electron chi connectivity index (χ0n) is 11.2. The van der Waals surface area contributed by atoms with Crippen molar-refractivity contribution < 1.29 is 4.74 Å². The molecule has 1 aromatic heterocycles. The van der Waals surface area contributed by atoms with Gasteiger partial charge in [0.1, 0.15) is 0 Å². The van der Waals surface area contributed by atoms with E-state index in [2.05, 4.69) is 62.8 Å². The molecule has 3 rings (SSSR count). The van der Waals surface area contributed by atoms with Crippen LogP contribution in [0.1, 0.15) is 6.92 Å². The first-order valence-corrected chi connectivity index (χ1v) is 7.64. The number of rotatable bonds is 3. The molecular weight excluding hydrogens is 304 g/mol. The van der Waals surface area contributed by atoms with E-state index in [-0.39, 0.29) is 0 Å². The number of halogens is 1. The Labute approximate surface area is 122 Å². The van der Waals surface area contributed by atoms with Crippen LogP contribution in [-0.4, -0.2) is 41.8 Å². The number of aromatic nitrogens is 1. The standard InChI is InChI=1S/C15H19BrN2O/c1-2-17-8-9-19-12(10-17)11-18-7-6-13-14(16)4-3-5-15(13)18/h3-7,12H,2,8-11H2,1H3. The van der Waals surface area contributed by atoms with Crippen LogP contribution in [0.4, 0.5) is 0 Å². The van der Waals surface area contributed by atoms with Crippen LogP contribution in [0.5, 0.6) is 0 Å². The molecule has 1 fully saturated rings. The van der Waals surface area contributed by atoms with Crippen molar-refractivity contribution in [2.24, 2.45) is 0 Å². The fourth-order valence-corrected chi connectivity index (χ4v) is 3.23. The predicted octanol–water partition coefficient (Wildman–Crippen LogP) is 3.12. The molecule has 0 aliphatic carbocycles. The minimum Gasteiger partial charge on any atom is -0.374 e. The van der Waals surface area contributed by atoms with Crippen LogP contribution in [0.2, 0.25) is 0 Å². The topological polar surface area (TPSA) is 17.4 Å². The molecule has 2 aromatic rings. The molecule has 1 aliphatic heterocycles. The molecule has 1 aromatic carbocycles. The number of morpholine rings is 1. The second kappa shape index (κ2) is 5.65. The molecule has 0 spiro atoms. The van der Waals surface area contributed by atoms with Crippen molar-refractivity contribution in [2.45, 2.75) is 19.6 Å². The van der Waals surface area contributed by atoms with Crippen LogP contribution in [0.15, 0.2) is 34.9 Å². The highest BCUT2D eigenvalue weighted by Crippen LogP contribution is 2.25. The minimum absolute atomic E-state index is 0.295. The Morgan fingerprint density at radius 1 is 1.37 bits per heavy atom. The highest BCUT2D eigenvalue weighted by atomic mass is 79.9. The molecule has 4 heteroatoms. The van der Waals surface area contributed by atoms with Gasteiger partial charge in [-0.2, -0.15) is 0 Å². The van der Waals surface area contributed by atoms with Crippen LogP contribution in [0, 0.1) is 0 Å². The summed E-state index contributed by atoms with van der Waals surface area (Å²) in [6, 6.07) is 8.51. The molecule has 0 amide bonds. The zero-order valence-corrected chi connectivity index (χ0v) is 12.8. The second-order valence-electron chi connectivity index (χ2n) is 5.03. The highest BCUT2D eigenvalue weighted by molar-refractivity contribution is 9.10. The Morgan fingerprint density at radius 3 is 3.11 bits per heavy atom. The van der Waals surface area contributed by atoms with E-state index in [1.807, 2.05) is 0 Å².